The first-order valence-electron chi connectivity index (χ1n) is 8.81. The van der Waals surface area contributed by atoms with E-state index in [2.05, 4.69) is 9.97 Å². The first-order chi connectivity index (χ1) is 13.3. The molecule has 1 fully saturated rings. The summed E-state index contributed by atoms with van der Waals surface area (Å²) in [5, 5.41) is 0.333. The Morgan fingerprint density at radius 1 is 1.25 bits per heavy atom. The van der Waals surface area contributed by atoms with Gasteiger partial charge in [-0.05, 0) is 31.0 Å². The minimum Gasteiger partial charge on any atom is -0.495 e. The maximum absolute atomic E-state index is 13.2. The second-order valence-corrected chi connectivity index (χ2v) is 8.96. The molecule has 1 atom stereocenters. The predicted molar refractivity (Wildman–Crippen MR) is 107 cm³/mol. The fourth-order valence-corrected chi connectivity index (χ4v) is 5.00. The first-order valence-corrected chi connectivity index (χ1v) is 10.6. The van der Waals surface area contributed by atoms with Crippen molar-refractivity contribution in [1.29, 1.82) is 0 Å². The van der Waals surface area contributed by atoms with E-state index in [4.69, 9.17) is 21.1 Å². The van der Waals surface area contributed by atoms with Crippen LogP contribution in [0, 0.1) is 0 Å². The molecule has 2 heterocycles. The summed E-state index contributed by atoms with van der Waals surface area (Å²) in [6.07, 6.45) is 4.21. The molecule has 152 valence electrons. The lowest BCUT2D eigenvalue weighted by Crippen LogP contribution is -2.44. The van der Waals surface area contributed by atoms with E-state index in [0.29, 0.717) is 29.7 Å². The minimum atomic E-state index is -3.78. The third-order valence-electron chi connectivity index (χ3n) is 4.43. The normalized spacial score (nSPS) is 17.9. The summed E-state index contributed by atoms with van der Waals surface area (Å²) in [7, 11) is 1.34. The summed E-state index contributed by atoms with van der Waals surface area (Å²) >= 11 is 6.02. The van der Waals surface area contributed by atoms with Gasteiger partial charge in [-0.2, -0.15) is 4.31 Å². The van der Waals surface area contributed by atoms with Crippen molar-refractivity contribution in [1.82, 2.24) is 14.3 Å². The molecule has 0 amide bonds. The number of nitrogens with zero attached hydrogens (tertiary/aromatic N) is 4. The maximum atomic E-state index is 13.2. The Morgan fingerprint density at radius 3 is 2.71 bits per heavy atom. The smallest absolute Gasteiger partial charge is 0.257 e. The molecule has 1 unspecified atom stereocenters. The molecular formula is C18H23ClN4O4S. The summed E-state index contributed by atoms with van der Waals surface area (Å²) in [4.78, 5) is 10.4. The number of sulfonamides is 1. The van der Waals surface area contributed by atoms with Crippen LogP contribution in [0.1, 0.15) is 12.8 Å². The molecule has 0 saturated carbocycles. The van der Waals surface area contributed by atoms with Gasteiger partial charge in [0, 0.05) is 38.1 Å². The zero-order chi connectivity index (χ0) is 20.3. The Morgan fingerprint density at radius 2 is 2.00 bits per heavy atom. The second kappa shape index (κ2) is 8.50. The van der Waals surface area contributed by atoms with E-state index < -0.39 is 10.0 Å². The highest BCUT2D eigenvalue weighted by molar-refractivity contribution is 7.89. The van der Waals surface area contributed by atoms with E-state index >= 15 is 0 Å². The number of anilines is 1. The van der Waals surface area contributed by atoms with E-state index in [0.717, 1.165) is 6.42 Å². The molecule has 8 nitrogen and oxygen atoms in total. The Balaban J connectivity index is 1.83. The van der Waals surface area contributed by atoms with Gasteiger partial charge < -0.3 is 14.4 Å². The molecule has 0 spiro atoms. The van der Waals surface area contributed by atoms with Crippen LogP contribution in [-0.4, -0.2) is 63.1 Å². The van der Waals surface area contributed by atoms with Crippen LogP contribution >= 0.6 is 11.6 Å². The van der Waals surface area contributed by atoms with Crippen LogP contribution in [0.25, 0.3) is 0 Å². The van der Waals surface area contributed by atoms with Gasteiger partial charge in [0.1, 0.15) is 16.7 Å². The highest BCUT2D eigenvalue weighted by Crippen LogP contribution is 2.32. The Kier molecular flexibility index (Phi) is 6.26. The third kappa shape index (κ3) is 4.31. The van der Waals surface area contributed by atoms with Crippen LogP contribution < -0.4 is 14.4 Å². The lowest BCUT2D eigenvalue weighted by molar-refractivity contribution is 0.124. The topological polar surface area (TPSA) is 84.9 Å². The van der Waals surface area contributed by atoms with E-state index in [1.54, 1.807) is 29.4 Å². The quantitative estimate of drug-likeness (QED) is 0.701. The van der Waals surface area contributed by atoms with Crippen molar-refractivity contribution in [2.24, 2.45) is 0 Å². The lowest BCUT2D eigenvalue weighted by atomic mass is 10.1. The van der Waals surface area contributed by atoms with Gasteiger partial charge in [-0.3, -0.25) is 0 Å². The van der Waals surface area contributed by atoms with Gasteiger partial charge in [0.25, 0.3) is 5.88 Å². The molecule has 28 heavy (non-hydrogen) atoms. The van der Waals surface area contributed by atoms with Crippen LogP contribution in [-0.2, 0) is 10.0 Å². The van der Waals surface area contributed by atoms with Gasteiger partial charge in [-0.1, -0.05) is 11.6 Å². The van der Waals surface area contributed by atoms with Crippen molar-refractivity contribution in [3.05, 3.63) is 35.6 Å². The molecule has 0 N–H and O–H groups in total. The van der Waals surface area contributed by atoms with Crippen molar-refractivity contribution >= 4 is 27.4 Å². The summed E-state index contributed by atoms with van der Waals surface area (Å²) in [6, 6.07) is 4.56. The fourth-order valence-electron chi connectivity index (χ4n) is 3.08. The molecule has 1 aromatic carbocycles. The maximum Gasteiger partial charge on any atom is 0.257 e. The molecule has 1 aliphatic rings. The largest absolute Gasteiger partial charge is 0.495 e. The zero-order valence-electron chi connectivity index (χ0n) is 16.0. The monoisotopic (exact) mass is 426 g/mol. The summed E-state index contributed by atoms with van der Waals surface area (Å²) in [5.41, 5.74) is 0. The van der Waals surface area contributed by atoms with Crippen molar-refractivity contribution in [2.75, 3.05) is 39.2 Å². The molecular weight excluding hydrogens is 404 g/mol. The zero-order valence-corrected chi connectivity index (χ0v) is 17.6. The number of hydrogen-bond acceptors (Lipinski definition) is 7. The SMILES string of the molecule is COc1ccc(Cl)cc1S(=O)(=O)N1CCCC(Oc2nccnc2N(C)C)C1. The molecule has 10 heteroatoms. The first kappa shape index (κ1) is 20.6. The van der Waals surface area contributed by atoms with Crippen LogP contribution in [0.5, 0.6) is 11.6 Å². The fraction of sp³-hybridized carbons (Fsp3) is 0.444. The van der Waals surface area contributed by atoms with Crippen molar-refractivity contribution in [3.63, 3.8) is 0 Å². The highest BCUT2D eigenvalue weighted by atomic mass is 35.5. The van der Waals surface area contributed by atoms with Crippen molar-refractivity contribution in [3.8, 4) is 11.6 Å². The van der Waals surface area contributed by atoms with Gasteiger partial charge in [0.15, 0.2) is 5.82 Å². The number of halogens is 1. The molecule has 1 saturated heterocycles. The average molecular weight is 427 g/mol. The van der Waals surface area contributed by atoms with Gasteiger partial charge in [0.2, 0.25) is 10.0 Å². The standard InChI is InChI=1S/C18H23ClN4O4S/c1-22(2)17-18(21-9-8-20-17)27-14-5-4-10-23(12-14)28(24,25)16-11-13(19)6-7-15(16)26-3/h6-9,11,14H,4-5,10,12H2,1-3H3. The van der Waals surface area contributed by atoms with Gasteiger partial charge in [0.05, 0.1) is 13.7 Å². The molecule has 0 bridgehead atoms. The minimum absolute atomic E-state index is 0.0524. The average Bonchev–Trinajstić information content (AvgIpc) is 2.68. The van der Waals surface area contributed by atoms with E-state index in [-0.39, 0.29) is 23.3 Å². The summed E-state index contributed by atoms with van der Waals surface area (Å²) < 4.78 is 39.0. The van der Waals surface area contributed by atoms with Gasteiger partial charge in [-0.15, -0.1) is 0 Å². The Hall–Kier alpha value is -2.10. The summed E-state index contributed by atoms with van der Waals surface area (Å²) in [6.45, 7) is 0.611. The van der Waals surface area contributed by atoms with Crippen molar-refractivity contribution in [2.45, 2.75) is 23.8 Å². The number of methoxy groups -OCH3 is 1. The van der Waals surface area contributed by atoms with Crippen LogP contribution in [0.2, 0.25) is 5.02 Å². The predicted octanol–water partition coefficient (Wildman–Crippen LogP) is 2.44. The number of aromatic nitrogens is 2. The second-order valence-electron chi connectivity index (χ2n) is 6.62. The number of piperidine rings is 1. The number of rotatable bonds is 6. The van der Waals surface area contributed by atoms with E-state index in [1.165, 1.54) is 17.5 Å². The molecule has 2 aromatic rings. The Labute approximate surface area is 170 Å². The Bertz CT molecular complexity index is 939. The van der Waals surface area contributed by atoms with Gasteiger partial charge in [-0.25, -0.2) is 18.4 Å². The number of benzene rings is 1. The number of hydrogen-bond donors (Lipinski definition) is 0. The highest BCUT2D eigenvalue weighted by Gasteiger charge is 2.33. The van der Waals surface area contributed by atoms with E-state index in [1.807, 2.05) is 14.1 Å². The summed E-state index contributed by atoms with van der Waals surface area (Å²) in [5.74, 6) is 1.24. The molecule has 3 rings (SSSR count). The molecule has 1 aliphatic heterocycles. The van der Waals surface area contributed by atoms with Crippen LogP contribution in [0.4, 0.5) is 5.82 Å². The third-order valence-corrected chi connectivity index (χ3v) is 6.55. The van der Waals surface area contributed by atoms with E-state index in [9.17, 15) is 8.42 Å². The van der Waals surface area contributed by atoms with Crippen molar-refractivity contribution < 1.29 is 17.9 Å². The van der Waals surface area contributed by atoms with Crippen LogP contribution in [0.15, 0.2) is 35.5 Å². The van der Waals surface area contributed by atoms with Crippen LogP contribution in [0.3, 0.4) is 0 Å². The lowest BCUT2D eigenvalue weighted by Gasteiger charge is -2.32. The molecule has 0 radical (unpaired) electrons. The molecule has 1 aromatic heterocycles. The number of ether oxygens (including phenoxy) is 2. The molecule has 0 aliphatic carbocycles. The van der Waals surface area contributed by atoms with Gasteiger partial charge >= 0.3 is 0 Å².